The van der Waals surface area contributed by atoms with Crippen molar-refractivity contribution in [2.75, 3.05) is 18.4 Å². The molecule has 5 nitrogen and oxygen atoms in total. The molecule has 2 amide bonds. The fourth-order valence-corrected chi connectivity index (χ4v) is 1.83. The number of amides is 2. The lowest BCUT2D eigenvalue weighted by molar-refractivity contribution is 0.0952. The Hall–Kier alpha value is -2.82. The van der Waals surface area contributed by atoms with Gasteiger partial charge in [0, 0.05) is 29.9 Å². The van der Waals surface area contributed by atoms with Crippen LogP contribution in [0.5, 0.6) is 0 Å². The largest absolute Gasteiger partial charge is 0.383 e. The summed E-state index contributed by atoms with van der Waals surface area (Å²) >= 11 is 0. The standard InChI is InChI=1S/C16H17N3O2/c17-15(20)12-6-8-13(9-7-12)16(21)19-11-10-18-14-4-2-1-3-5-14/h1-9,18H,10-11H2,(H2,17,20)(H,19,21). The van der Waals surface area contributed by atoms with Crippen LogP contribution < -0.4 is 16.4 Å². The van der Waals surface area contributed by atoms with E-state index in [2.05, 4.69) is 10.6 Å². The first-order valence-corrected chi connectivity index (χ1v) is 6.64. The molecule has 0 aliphatic heterocycles. The van der Waals surface area contributed by atoms with E-state index in [9.17, 15) is 9.59 Å². The summed E-state index contributed by atoms with van der Waals surface area (Å²) in [6.07, 6.45) is 0. The zero-order valence-electron chi connectivity index (χ0n) is 11.5. The number of nitrogens with two attached hydrogens (primary N) is 1. The molecular formula is C16H17N3O2. The van der Waals surface area contributed by atoms with Crippen LogP contribution in [0.1, 0.15) is 20.7 Å². The van der Waals surface area contributed by atoms with E-state index >= 15 is 0 Å². The van der Waals surface area contributed by atoms with Crippen LogP contribution in [0, 0.1) is 0 Å². The van der Waals surface area contributed by atoms with Crippen LogP contribution in [0.3, 0.4) is 0 Å². The van der Waals surface area contributed by atoms with Crippen LogP contribution in [-0.2, 0) is 0 Å². The minimum absolute atomic E-state index is 0.180. The van der Waals surface area contributed by atoms with E-state index in [1.54, 1.807) is 24.3 Å². The van der Waals surface area contributed by atoms with Crippen LogP contribution in [0.25, 0.3) is 0 Å². The Kier molecular flexibility index (Phi) is 4.93. The molecule has 0 heterocycles. The van der Waals surface area contributed by atoms with Crippen molar-refractivity contribution < 1.29 is 9.59 Å². The van der Waals surface area contributed by atoms with Crippen LogP contribution in [0.15, 0.2) is 54.6 Å². The van der Waals surface area contributed by atoms with E-state index in [0.717, 1.165) is 5.69 Å². The molecule has 0 spiro atoms. The third-order valence-electron chi connectivity index (χ3n) is 2.95. The van der Waals surface area contributed by atoms with Crippen molar-refractivity contribution in [2.45, 2.75) is 0 Å². The molecule has 0 radical (unpaired) electrons. The van der Waals surface area contributed by atoms with Crippen LogP contribution >= 0.6 is 0 Å². The smallest absolute Gasteiger partial charge is 0.251 e. The predicted molar refractivity (Wildman–Crippen MR) is 82.2 cm³/mol. The number of anilines is 1. The second-order valence-electron chi connectivity index (χ2n) is 4.49. The van der Waals surface area contributed by atoms with Crippen molar-refractivity contribution in [1.29, 1.82) is 0 Å². The Bertz CT molecular complexity index is 609. The van der Waals surface area contributed by atoms with Crippen LogP contribution in [0.2, 0.25) is 0 Å². The molecule has 2 aromatic rings. The topological polar surface area (TPSA) is 84.2 Å². The average Bonchev–Trinajstić information content (AvgIpc) is 2.52. The maximum absolute atomic E-state index is 11.9. The van der Waals surface area contributed by atoms with Gasteiger partial charge < -0.3 is 16.4 Å². The van der Waals surface area contributed by atoms with Crippen molar-refractivity contribution in [2.24, 2.45) is 5.73 Å². The van der Waals surface area contributed by atoms with Crippen molar-refractivity contribution in [3.8, 4) is 0 Å². The first-order chi connectivity index (χ1) is 10.2. The van der Waals surface area contributed by atoms with E-state index in [0.29, 0.717) is 24.2 Å². The summed E-state index contributed by atoms with van der Waals surface area (Å²) in [4.78, 5) is 22.8. The predicted octanol–water partition coefficient (Wildman–Crippen LogP) is 1.63. The summed E-state index contributed by atoms with van der Waals surface area (Å²) in [6, 6.07) is 16.0. The number of hydrogen-bond donors (Lipinski definition) is 3. The van der Waals surface area contributed by atoms with Gasteiger partial charge >= 0.3 is 0 Å². The average molecular weight is 283 g/mol. The van der Waals surface area contributed by atoms with E-state index in [1.165, 1.54) is 0 Å². The van der Waals surface area contributed by atoms with Gasteiger partial charge in [-0.3, -0.25) is 9.59 Å². The number of para-hydroxylation sites is 1. The molecule has 0 unspecified atom stereocenters. The number of carbonyl (C=O) groups excluding carboxylic acids is 2. The van der Waals surface area contributed by atoms with Gasteiger partial charge in [0.25, 0.3) is 5.91 Å². The summed E-state index contributed by atoms with van der Waals surface area (Å²) < 4.78 is 0. The molecule has 0 fully saturated rings. The number of hydrogen-bond acceptors (Lipinski definition) is 3. The first-order valence-electron chi connectivity index (χ1n) is 6.64. The highest BCUT2D eigenvalue weighted by atomic mass is 16.2. The monoisotopic (exact) mass is 283 g/mol. The second-order valence-corrected chi connectivity index (χ2v) is 4.49. The lowest BCUT2D eigenvalue weighted by Crippen LogP contribution is -2.28. The van der Waals surface area contributed by atoms with E-state index in [-0.39, 0.29) is 5.91 Å². The fourth-order valence-electron chi connectivity index (χ4n) is 1.83. The van der Waals surface area contributed by atoms with Crippen molar-refractivity contribution >= 4 is 17.5 Å². The molecule has 0 saturated heterocycles. The Balaban J connectivity index is 1.78. The number of primary amides is 1. The Morgan fingerprint density at radius 3 is 2.10 bits per heavy atom. The Morgan fingerprint density at radius 2 is 1.48 bits per heavy atom. The number of rotatable bonds is 6. The molecule has 0 aromatic heterocycles. The normalized spacial score (nSPS) is 9.90. The Morgan fingerprint density at radius 1 is 0.857 bits per heavy atom. The van der Waals surface area contributed by atoms with Crippen molar-refractivity contribution in [1.82, 2.24) is 5.32 Å². The highest BCUT2D eigenvalue weighted by Gasteiger charge is 2.06. The van der Waals surface area contributed by atoms with Gasteiger partial charge in [-0.05, 0) is 36.4 Å². The minimum Gasteiger partial charge on any atom is -0.383 e. The minimum atomic E-state index is -0.506. The van der Waals surface area contributed by atoms with Gasteiger partial charge in [-0.15, -0.1) is 0 Å². The highest BCUT2D eigenvalue weighted by molar-refractivity contribution is 5.97. The molecule has 2 rings (SSSR count). The van der Waals surface area contributed by atoms with Gasteiger partial charge in [0.05, 0.1) is 0 Å². The van der Waals surface area contributed by atoms with E-state index < -0.39 is 5.91 Å². The van der Waals surface area contributed by atoms with Crippen molar-refractivity contribution in [3.63, 3.8) is 0 Å². The summed E-state index contributed by atoms with van der Waals surface area (Å²) in [7, 11) is 0. The number of benzene rings is 2. The molecule has 4 N–H and O–H groups in total. The van der Waals surface area contributed by atoms with Gasteiger partial charge in [0.2, 0.25) is 5.91 Å². The first kappa shape index (κ1) is 14.6. The van der Waals surface area contributed by atoms with E-state index in [4.69, 9.17) is 5.73 Å². The third kappa shape index (κ3) is 4.35. The maximum atomic E-state index is 11.9. The van der Waals surface area contributed by atoms with Crippen LogP contribution in [-0.4, -0.2) is 24.9 Å². The Labute approximate surface area is 123 Å². The van der Waals surface area contributed by atoms with Gasteiger partial charge in [0.15, 0.2) is 0 Å². The molecule has 0 atom stereocenters. The van der Waals surface area contributed by atoms with Gasteiger partial charge in [0.1, 0.15) is 0 Å². The molecule has 0 bridgehead atoms. The SMILES string of the molecule is NC(=O)c1ccc(C(=O)NCCNc2ccccc2)cc1. The quantitative estimate of drug-likeness (QED) is 0.704. The highest BCUT2D eigenvalue weighted by Crippen LogP contribution is 2.05. The lowest BCUT2D eigenvalue weighted by atomic mass is 10.1. The summed E-state index contributed by atoms with van der Waals surface area (Å²) in [5, 5.41) is 6.00. The zero-order valence-corrected chi connectivity index (χ0v) is 11.5. The van der Waals surface area contributed by atoms with Crippen LogP contribution in [0.4, 0.5) is 5.69 Å². The van der Waals surface area contributed by atoms with Gasteiger partial charge in [-0.1, -0.05) is 18.2 Å². The summed E-state index contributed by atoms with van der Waals surface area (Å²) in [5.41, 5.74) is 7.04. The number of carbonyl (C=O) groups is 2. The molecule has 0 aliphatic rings. The zero-order chi connectivity index (χ0) is 15.1. The maximum Gasteiger partial charge on any atom is 0.251 e. The third-order valence-corrected chi connectivity index (χ3v) is 2.95. The molecule has 2 aromatic carbocycles. The van der Waals surface area contributed by atoms with E-state index in [1.807, 2.05) is 30.3 Å². The molecule has 21 heavy (non-hydrogen) atoms. The van der Waals surface area contributed by atoms with Gasteiger partial charge in [-0.25, -0.2) is 0 Å². The molecular weight excluding hydrogens is 266 g/mol. The molecule has 0 saturated carbocycles. The molecule has 108 valence electrons. The lowest BCUT2D eigenvalue weighted by Gasteiger charge is -2.08. The number of nitrogens with one attached hydrogen (secondary N) is 2. The summed E-state index contributed by atoms with van der Waals surface area (Å²) in [5.74, 6) is -0.685. The molecule has 5 heteroatoms. The van der Waals surface area contributed by atoms with Crippen molar-refractivity contribution in [3.05, 3.63) is 65.7 Å². The van der Waals surface area contributed by atoms with Gasteiger partial charge in [-0.2, -0.15) is 0 Å². The fraction of sp³-hybridized carbons (Fsp3) is 0.125. The second kappa shape index (κ2) is 7.09. The summed E-state index contributed by atoms with van der Waals surface area (Å²) in [6.45, 7) is 1.14. The molecule has 0 aliphatic carbocycles.